The summed E-state index contributed by atoms with van der Waals surface area (Å²) in [6.45, 7) is 1.87. The van der Waals surface area contributed by atoms with E-state index in [0.29, 0.717) is 16.5 Å². The molecule has 1 saturated heterocycles. The summed E-state index contributed by atoms with van der Waals surface area (Å²) in [4.78, 5) is 29.8. The number of carbonyl (C=O) groups excluding carboxylic acids is 1. The maximum absolute atomic E-state index is 12.1. The number of non-ortho nitro benzene ring substituents is 1. The second kappa shape index (κ2) is 11.0. The van der Waals surface area contributed by atoms with E-state index in [0.717, 1.165) is 22.6 Å². The summed E-state index contributed by atoms with van der Waals surface area (Å²) in [5.41, 5.74) is 4.70. The predicted molar refractivity (Wildman–Crippen MR) is 152 cm³/mol. The van der Waals surface area contributed by atoms with Crippen LogP contribution in [0.4, 0.5) is 17.1 Å². The Morgan fingerprint density at radius 1 is 1.13 bits per heavy atom. The third-order valence-electron chi connectivity index (χ3n) is 6.54. The first kappa shape index (κ1) is 26.0. The molecule has 0 bridgehead atoms. The van der Waals surface area contributed by atoms with Crippen molar-refractivity contribution in [3.8, 4) is 5.69 Å². The molecule has 4 aromatic rings. The lowest BCUT2D eigenvalue weighted by Crippen LogP contribution is -2.30. The molecule has 1 amide bonds. The van der Waals surface area contributed by atoms with Crippen molar-refractivity contribution in [1.82, 2.24) is 14.9 Å². The number of pyridine rings is 1. The molecule has 1 aliphatic heterocycles. The highest BCUT2D eigenvalue weighted by atomic mass is 32.1. The minimum absolute atomic E-state index is 0.00656. The molecule has 11 heteroatoms. The summed E-state index contributed by atoms with van der Waals surface area (Å²) >= 11 is 5.85. The van der Waals surface area contributed by atoms with E-state index in [2.05, 4.69) is 15.6 Å². The molecular weight excluding hydrogens is 516 g/mol. The Hall–Kier alpha value is -4.61. The van der Waals surface area contributed by atoms with Crippen LogP contribution in [0.5, 0.6) is 0 Å². The van der Waals surface area contributed by atoms with Gasteiger partial charge in [0.05, 0.1) is 22.3 Å². The lowest BCUT2D eigenvalue weighted by molar-refractivity contribution is -0.384. The molecule has 2 atom stereocenters. The number of ether oxygens (including phenoxy) is 1. The minimum Gasteiger partial charge on any atom is -0.375 e. The van der Waals surface area contributed by atoms with Gasteiger partial charge in [0.2, 0.25) is 5.91 Å². The smallest absolute Gasteiger partial charge is 0.271 e. The molecule has 3 heterocycles. The van der Waals surface area contributed by atoms with Crippen LogP contribution < -0.4 is 15.5 Å². The number of aryl methyl sites for hydroxylation is 1. The highest BCUT2D eigenvalue weighted by Gasteiger charge is 2.42. The monoisotopic (exact) mass is 542 g/mol. The molecule has 0 spiro atoms. The SMILES string of the molecule is COCC(=O)Nc1ccc(N2C(=S)NC(c3ccccn3)C2c2cccn2-c2cccc([N+](=O)[O-])c2)cc1C. The van der Waals surface area contributed by atoms with Crippen LogP contribution in [-0.2, 0) is 9.53 Å². The van der Waals surface area contributed by atoms with Gasteiger partial charge in [-0.15, -0.1) is 0 Å². The summed E-state index contributed by atoms with van der Waals surface area (Å²) < 4.78 is 6.85. The van der Waals surface area contributed by atoms with Crippen LogP contribution in [0.1, 0.15) is 29.0 Å². The van der Waals surface area contributed by atoms with Crippen molar-refractivity contribution in [2.75, 3.05) is 23.9 Å². The number of nitrogens with one attached hydrogen (secondary N) is 2. The highest BCUT2D eigenvalue weighted by Crippen LogP contribution is 2.43. The molecule has 0 radical (unpaired) electrons. The molecule has 0 aliphatic carbocycles. The lowest BCUT2D eigenvalue weighted by atomic mass is 10.00. The quantitative estimate of drug-likeness (QED) is 0.185. The van der Waals surface area contributed by atoms with Crippen molar-refractivity contribution in [2.24, 2.45) is 0 Å². The first-order valence-corrected chi connectivity index (χ1v) is 12.6. The van der Waals surface area contributed by atoms with Gasteiger partial charge in [0.15, 0.2) is 5.11 Å². The number of thiocarbonyl (C=S) groups is 1. The van der Waals surface area contributed by atoms with E-state index in [1.165, 1.54) is 13.2 Å². The molecular formula is C28H26N6O4S. The third kappa shape index (κ3) is 5.22. The number of hydrogen-bond donors (Lipinski definition) is 2. The second-order valence-corrected chi connectivity index (χ2v) is 9.44. The van der Waals surface area contributed by atoms with Gasteiger partial charge in [0, 0.05) is 48.7 Å². The third-order valence-corrected chi connectivity index (χ3v) is 6.85. The molecule has 5 rings (SSSR count). The van der Waals surface area contributed by atoms with Crippen molar-refractivity contribution in [3.05, 3.63) is 112 Å². The van der Waals surface area contributed by atoms with E-state index in [9.17, 15) is 14.9 Å². The fraction of sp³-hybridized carbons (Fsp3) is 0.179. The van der Waals surface area contributed by atoms with E-state index >= 15 is 0 Å². The molecule has 1 fully saturated rings. The lowest BCUT2D eigenvalue weighted by Gasteiger charge is -2.29. The number of anilines is 2. The average molecular weight is 543 g/mol. The summed E-state index contributed by atoms with van der Waals surface area (Å²) in [5, 5.41) is 18.3. The number of carbonyl (C=O) groups is 1. The highest BCUT2D eigenvalue weighted by molar-refractivity contribution is 7.80. The van der Waals surface area contributed by atoms with Crippen molar-refractivity contribution >= 4 is 40.3 Å². The Labute approximate surface area is 230 Å². The number of nitro benzene ring substituents is 1. The van der Waals surface area contributed by atoms with Crippen molar-refractivity contribution < 1.29 is 14.5 Å². The van der Waals surface area contributed by atoms with Gasteiger partial charge in [-0.1, -0.05) is 12.1 Å². The predicted octanol–water partition coefficient (Wildman–Crippen LogP) is 4.85. The zero-order chi connectivity index (χ0) is 27.5. The van der Waals surface area contributed by atoms with Crippen LogP contribution in [0.25, 0.3) is 5.69 Å². The Kier molecular flexibility index (Phi) is 7.35. The summed E-state index contributed by atoms with van der Waals surface area (Å²) in [6, 6.07) is 21.2. The van der Waals surface area contributed by atoms with Crippen LogP contribution in [0, 0.1) is 17.0 Å². The number of amides is 1. The Bertz CT molecular complexity index is 1540. The molecule has 198 valence electrons. The fourth-order valence-electron chi connectivity index (χ4n) is 4.82. The number of nitro groups is 1. The molecule has 39 heavy (non-hydrogen) atoms. The van der Waals surface area contributed by atoms with E-state index in [1.54, 1.807) is 18.3 Å². The van der Waals surface area contributed by atoms with Crippen molar-refractivity contribution in [3.63, 3.8) is 0 Å². The summed E-state index contributed by atoms with van der Waals surface area (Å²) in [7, 11) is 1.47. The van der Waals surface area contributed by atoms with Gasteiger partial charge in [0.25, 0.3) is 5.69 Å². The van der Waals surface area contributed by atoms with Gasteiger partial charge in [-0.05, 0) is 73.2 Å². The maximum atomic E-state index is 12.1. The molecule has 2 N–H and O–H groups in total. The van der Waals surface area contributed by atoms with Gasteiger partial charge in [-0.2, -0.15) is 0 Å². The van der Waals surface area contributed by atoms with E-state index in [4.69, 9.17) is 17.0 Å². The van der Waals surface area contributed by atoms with Gasteiger partial charge < -0.3 is 24.8 Å². The number of nitrogens with zero attached hydrogens (tertiary/aromatic N) is 4. The van der Waals surface area contributed by atoms with Gasteiger partial charge in [0.1, 0.15) is 12.6 Å². The van der Waals surface area contributed by atoms with E-state index in [-0.39, 0.29) is 30.3 Å². The van der Waals surface area contributed by atoms with Crippen LogP contribution in [0.15, 0.2) is 85.2 Å². The van der Waals surface area contributed by atoms with Crippen molar-refractivity contribution in [2.45, 2.75) is 19.0 Å². The fourth-order valence-corrected chi connectivity index (χ4v) is 5.16. The van der Waals surface area contributed by atoms with Gasteiger partial charge in [-0.25, -0.2) is 0 Å². The normalized spacial score (nSPS) is 16.7. The van der Waals surface area contributed by atoms with Gasteiger partial charge in [-0.3, -0.25) is 19.9 Å². The Balaban J connectivity index is 1.60. The standard InChI is InChI=1S/C28H26N6O4S/c1-18-15-20(11-12-22(18)30-25(35)17-38-2)33-27(26(31-28(33)39)23-9-3-4-13-29-23)24-10-6-14-32(24)19-7-5-8-21(16-19)34(36)37/h3-16,26-27H,17H2,1-2H3,(H,30,35)(H,31,39). The summed E-state index contributed by atoms with van der Waals surface area (Å²) in [5.74, 6) is -0.241. The molecule has 1 aliphatic rings. The van der Waals surface area contributed by atoms with Crippen LogP contribution in [0.3, 0.4) is 0 Å². The minimum atomic E-state index is -0.405. The van der Waals surface area contributed by atoms with Crippen LogP contribution >= 0.6 is 12.2 Å². The molecule has 0 saturated carbocycles. The first-order valence-electron chi connectivity index (χ1n) is 12.2. The summed E-state index contributed by atoms with van der Waals surface area (Å²) in [6.07, 6.45) is 3.62. The number of methoxy groups -OCH3 is 1. The Morgan fingerprint density at radius 2 is 1.97 bits per heavy atom. The topological polar surface area (TPSA) is 115 Å². The number of rotatable bonds is 8. The van der Waals surface area contributed by atoms with Crippen molar-refractivity contribution in [1.29, 1.82) is 0 Å². The number of hydrogen-bond acceptors (Lipinski definition) is 6. The second-order valence-electron chi connectivity index (χ2n) is 9.06. The zero-order valence-electron chi connectivity index (χ0n) is 21.3. The molecule has 2 aromatic carbocycles. The van der Waals surface area contributed by atoms with Gasteiger partial charge >= 0.3 is 0 Å². The first-order chi connectivity index (χ1) is 18.9. The zero-order valence-corrected chi connectivity index (χ0v) is 22.1. The number of benzene rings is 2. The maximum Gasteiger partial charge on any atom is 0.271 e. The Morgan fingerprint density at radius 3 is 2.69 bits per heavy atom. The van der Waals surface area contributed by atoms with Crippen LogP contribution in [-0.4, -0.2) is 39.2 Å². The molecule has 10 nitrogen and oxygen atoms in total. The number of aromatic nitrogens is 2. The van der Waals surface area contributed by atoms with Crippen LogP contribution in [0.2, 0.25) is 0 Å². The largest absolute Gasteiger partial charge is 0.375 e. The molecule has 2 unspecified atom stereocenters. The van der Waals surface area contributed by atoms with E-state index in [1.807, 2.05) is 77.2 Å². The molecule has 2 aromatic heterocycles. The van der Waals surface area contributed by atoms with E-state index < -0.39 is 4.92 Å². The average Bonchev–Trinajstić information content (AvgIpc) is 3.55.